The van der Waals surface area contributed by atoms with Crippen molar-refractivity contribution in [2.24, 2.45) is 0 Å². The Labute approximate surface area is 154 Å². The number of aromatic nitrogens is 3. The number of aliphatic hydroxyl groups excluding tert-OH is 1. The Bertz CT molecular complexity index is 688. The van der Waals surface area contributed by atoms with Crippen LogP contribution in [-0.2, 0) is 6.42 Å². The van der Waals surface area contributed by atoms with E-state index in [9.17, 15) is 4.79 Å². The highest BCUT2D eigenvalue weighted by Crippen LogP contribution is 2.21. The molecular formula is C19H27N5O2. The quantitative estimate of drug-likeness (QED) is 0.743. The van der Waals surface area contributed by atoms with Gasteiger partial charge in [-0.1, -0.05) is 35.5 Å². The highest BCUT2D eigenvalue weighted by molar-refractivity contribution is 5.91. The van der Waals surface area contributed by atoms with E-state index < -0.39 is 0 Å². The molecule has 2 N–H and O–H groups in total. The van der Waals surface area contributed by atoms with Gasteiger partial charge in [-0.3, -0.25) is 4.79 Å². The number of rotatable bonds is 8. The molecule has 7 nitrogen and oxygen atoms in total. The minimum absolute atomic E-state index is 0.0829. The van der Waals surface area contributed by atoms with E-state index in [1.807, 2.05) is 4.68 Å². The third-order valence-corrected chi connectivity index (χ3v) is 4.78. The zero-order valence-electron chi connectivity index (χ0n) is 15.0. The molecule has 0 aliphatic carbocycles. The van der Waals surface area contributed by atoms with Gasteiger partial charge < -0.3 is 15.3 Å². The SMILES string of the molecule is O=C(NCCO)c1cn([C@@H]2CCCN(CCCc3ccccc3)C2)nn1. The lowest BCUT2D eigenvalue weighted by molar-refractivity contribution is 0.0939. The van der Waals surface area contributed by atoms with Crippen molar-refractivity contribution >= 4 is 5.91 Å². The summed E-state index contributed by atoms with van der Waals surface area (Å²) in [5, 5.41) is 19.5. The van der Waals surface area contributed by atoms with Crippen molar-refractivity contribution < 1.29 is 9.90 Å². The Hall–Kier alpha value is -2.25. The Morgan fingerprint density at radius 1 is 1.31 bits per heavy atom. The second kappa shape index (κ2) is 9.45. The molecular weight excluding hydrogens is 330 g/mol. The van der Waals surface area contributed by atoms with E-state index in [1.54, 1.807) is 6.20 Å². The van der Waals surface area contributed by atoms with Gasteiger partial charge in [-0.15, -0.1) is 5.10 Å². The third kappa shape index (κ3) is 5.12. The molecule has 1 saturated heterocycles. The molecule has 0 spiro atoms. The molecule has 3 rings (SSSR count). The maximum Gasteiger partial charge on any atom is 0.273 e. The molecule has 0 bridgehead atoms. The minimum Gasteiger partial charge on any atom is -0.395 e. The number of hydrogen-bond acceptors (Lipinski definition) is 5. The third-order valence-electron chi connectivity index (χ3n) is 4.78. The van der Waals surface area contributed by atoms with Crippen molar-refractivity contribution in [3.8, 4) is 0 Å². The molecule has 7 heteroatoms. The molecule has 1 amide bonds. The van der Waals surface area contributed by atoms with Crippen LogP contribution in [0.5, 0.6) is 0 Å². The number of nitrogens with one attached hydrogen (secondary N) is 1. The van der Waals surface area contributed by atoms with Crippen molar-refractivity contribution in [1.29, 1.82) is 0 Å². The molecule has 0 unspecified atom stereocenters. The van der Waals surface area contributed by atoms with Crippen LogP contribution in [0.25, 0.3) is 0 Å². The van der Waals surface area contributed by atoms with E-state index in [-0.39, 0.29) is 25.1 Å². The van der Waals surface area contributed by atoms with Gasteiger partial charge in [-0.2, -0.15) is 0 Å². The number of amides is 1. The molecule has 1 aliphatic rings. The molecule has 1 aliphatic heterocycles. The molecule has 1 aromatic heterocycles. The summed E-state index contributed by atoms with van der Waals surface area (Å²) in [7, 11) is 0. The highest BCUT2D eigenvalue weighted by atomic mass is 16.3. The van der Waals surface area contributed by atoms with Crippen LogP contribution >= 0.6 is 0 Å². The predicted octanol–water partition coefficient (Wildman–Crippen LogP) is 1.27. The number of carbonyl (C=O) groups is 1. The van der Waals surface area contributed by atoms with Gasteiger partial charge in [0.25, 0.3) is 5.91 Å². The summed E-state index contributed by atoms with van der Waals surface area (Å²) in [5.41, 5.74) is 1.69. The van der Waals surface area contributed by atoms with Crippen LogP contribution in [0.4, 0.5) is 0 Å². The molecule has 0 radical (unpaired) electrons. The zero-order chi connectivity index (χ0) is 18.2. The molecule has 0 saturated carbocycles. The van der Waals surface area contributed by atoms with Gasteiger partial charge in [0.1, 0.15) is 0 Å². The van der Waals surface area contributed by atoms with E-state index >= 15 is 0 Å². The van der Waals surface area contributed by atoms with Crippen LogP contribution < -0.4 is 5.32 Å². The largest absolute Gasteiger partial charge is 0.395 e. The lowest BCUT2D eigenvalue weighted by Crippen LogP contribution is -2.37. The molecule has 2 heterocycles. The maximum absolute atomic E-state index is 11.9. The summed E-state index contributed by atoms with van der Waals surface area (Å²) in [4.78, 5) is 14.4. The van der Waals surface area contributed by atoms with Crippen molar-refractivity contribution in [2.75, 3.05) is 32.8 Å². The monoisotopic (exact) mass is 357 g/mol. The lowest BCUT2D eigenvalue weighted by atomic mass is 10.0. The molecule has 1 atom stereocenters. The zero-order valence-corrected chi connectivity index (χ0v) is 15.0. The topological polar surface area (TPSA) is 83.3 Å². The molecule has 1 aromatic carbocycles. The minimum atomic E-state index is -0.291. The van der Waals surface area contributed by atoms with Gasteiger partial charge in [-0.25, -0.2) is 4.68 Å². The number of likely N-dealkylation sites (tertiary alicyclic amines) is 1. The summed E-state index contributed by atoms with van der Waals surface area (Å²) in [6.45, 7) is 3.27. The van der Waals surface area contributed by atoms with Gasteiger partial charge in [-0.05, 0) is 44.3 Å². The second-order valence-electron chi connectivity index (χ2n) is 6.75. The fraction of sp³-hybridized carbons (Fsp3) is 0.526. The number of aryl methyl sites for hydroxylation is 1. The smallest absolute Gasteiger partial charge is 0.273 e. The van der Waals surface area contributed by atoms with Gasteiger partial charge in [0, 0.05) is 13.1 Å². The summed E-state index contributed by atoms with van der Waals surface area (Å²) in [6, 6.07) is 10.8. The molecule has 140 valence electrons. The molecule has 2 aromatic rings. The Kier molecular flexibility index (Phi) is 6.74. The average molecular weight is 357 g/mol. The summed E-state index contributed by atoms with van der Waals surface area (Å²) < 4.78 is 1.82. The average Bonchev–Trinajstić information content (AvgIpc) is 3.18. The number of piperidine rings is 1. The first kappa shape index (κ1) is 18.5. The van der Waals surface area contributed by atoms with Crippen molar-refractivity contribution in [3.05, 3.63) is 47.8 Å². The first-order chi connectivity index (χ1) is 12.8. The van der Waals surface area contributed by atoms with E-state index in [0.717, 1.165) is 45.3 Å². The Morgan fingerprint density at radius 3 is 2.96 bits per heavy atom. The van der Waals surface area contributed by atoms with Crippen LogP contribution in [0.3, 0.4) is 0 Å². The highest BCUT2D eigenvalue weighted by Gasteiger charge is 2.23. The van der Waals surface area contributed by atoms with Gasteiger partial charge >= 0.3 is 0 Å². The van der Waals surface area contributed by atoms with Crippen molar-refractivity contribution in [2.45, 2.75) is 31.7 Å². The van der Waals surface area contributed by atoms with Crippen LogP contribution in [-0.4, -0.2) is 63.7 Å². The first-order valence-corrected chi connectivity index (χ1v) is 9.33. The normalized spacial score (nSPS) is 18.0. The van der Waals surface area contributed by atoms with Gasteiger partial charge in [0.2, 0.25) is 0 Å². The van der Waals surface area contributed by atoms with E-state index in [0.29, 0.717) is 5.69 Å². The maximum atomic E-state index is 11.9. The summed E-state index contributed by atoms with van der Waals surface area (Å²) in [6.07, 6.45) is 6.13. The fourth-order valence-corrected chi connectivity index (χ4v) is 3.42. The van der Waals surface area contributed by atoms with Crippen molar-refractivity contribution in [1.82, 2.24) is 25.2 Å². The lowest BCUT2D eigenvalue weighted by Gasteiger charge is -2.32. The van der Waals surface area contributed by atoms with Crippen molar-refractivity contribution in [3.63, 3.8) is 0 Å². The number of carbonyl (C=O) groups excluding carboxylic acids is 1. The van der Waals surface area contributed by atoms with Crippen LogP contribution in [0.15, 0.2) is 36.5 Å². The Morgan fingerprint density at radius 2 is 2.15 bits per heavy atom. The van der Waals surface area contributed by atoms with Gasteiger partial charge in [0.05, 0.1) is 18.8 Å². The predicted molar refractivity (Wildman–Crippen MR) is 98.9 cm³/mol. The number of benzene rings is 1. The standard InChI is InChI=1S/C19H27N5O2/c25-13-10-20-19(26)18-15-24(22-21-18)17-9-5-12-23(14-17)11-4-8-16-6-2-1-3-7-16/h1-3,6-7,15,17,25H,4-5,8-14H2,(H,20,26)/t17-/m1/s1. The molecule has 1 fully saturated rings. The van der Waals surface area contributed by atoms with Crippen LogP contribution in [0.1, 0.15) is 41.4 Å². The summed E-state index contributed by atoms with van der Waals surface area (Å²) in [5.74, 6) is -0.291. The number of hydrogen-bond donors (Lipinski definition) is 2. The number of aliphatic hydroxyl groups is 1. The fourth-order valence-electron chi connectivity index (χ4n) is 3.42. The first-order valence-electron chi connectivity index (χ1n) is 9.33. The summed E-state index contributed by atoms with van der Waals surface area (Å²) >= 11 is 0. The van der Waals surface area contributed by atoms with E-state index in [4.69, 9.17) is 5.11 Å². The molecule has 26 heavy (non-hydrogen) atoms. The van der Waals surface area contributed by atoms with Gasteiger partial charge in [0.15, 0.2) is 5.69 Å². The van der Waals surface area contributed by atoms with Crippen LogP contribution in [0.2, 0.25) is 0 Å². The van der Waals surface area contributed by atoms with E-state index in [1.165, 1.54) is 5.56 Å². The number of nitrogens with zero attached hydrogens (tertiary/aromatic N) is 4. The Balaban J connectivity index is 1.49. The van der Waals surface area contributed by atoms with E-state index in [2.05, 4.69) is 50.9 Å². The second-order valence-corrected chi connectivity index (χ2v) is 6.75. The van der Waals surface area contributed by atoms with Crippen LogP contribution in [0, 0.1) is 0 Å².